The van der Waals surface area contributed by atoms with Gasteiger partial charge in [0.05, 0.1) is 13.6 Å². The third-order valence-corrected chi connectivity index (χ3v) is 3.83. The van der Waals surface area contributed by atoms with E-state index in [4.69, 9.17) is 0 Å². The van der Waals surface area contributed by atoms with Crippen LogP contribution in [0.2, 0.25) is 0 Å². The number of sulfone groups is 1. The Morgan fingerprint density at radius 1 is 1.20 bits per heavy atom. The Balaban J connectivity index is 0.000000265. The minimum Gasteiger partial charge on any atom is -0.240 e. The van der Waals surface area contributed by atoms with Crippen molar-refractivity contribution in [1.29, 1.82) is 0 Å². The highest BCUT2D eigenvalue weighted by Gasteiger charge is 1.99. The summed E-state index contributed by atoms with van der Waals surface area (Å²) in [5, 5.41) is 0. The Hall–Kier alpha value is -0.840. The van der Waals surface area contributed by atoms with Crippen LogP contribution in [0.1, 0.15) is 20.8 Å². The van der Waals surface area contributed by atoms with E-state index in [-0.39, 0.29) is 11.5 Å². The smallest absolute Gasteiger partial charge is 0.240 e. The summed E-state index contributed by atoms with van der Waals surface area (Å²) in [7, 11) is -0.637. The van der Waals surface area contributed by atoms with E-state index in [0.717, 1.165) is 6.54 Å². The van der Waals surface area contributed by atoms with Crippen molar-refractivity contribution in [2.45, 2.75) is 27.3 Å². The van der Waals surface area contributed by atoms with Crippen molar-refractivity contribution < 1.29 is 13.0 Å². The molecule has 0 radical (unpaired) electrons. The molecule has 0 unspecified atom stereocenters. The van der Waals surface area contributed by atoms with Crippen LogP contribution in [0, 0.1) is 0 Å². The van der Waals surface area contributed by atoms with Gasteiger partial charge in [0.25, 0.3) is 0 Å². The maximum atomic E-state index is 10.4. The molecule has 15 heavy (non-hydrogen) atoms. The first-order chi connectivity index (χ1) is 6.95. The van der Waals surface area contributed by atoms with E-state index >= 15 is 0 Å². The fourth-order valence-corrected chi connectivity index (χ4v) is 1.30. The second kappa shape index (κ2) is 6.61. The maximum absolute atomic E-state index is 10.4. The van der Waals surface area contributed by atoms with Crippen molar-refractivity contribution >= 4 is 9.84 Å². The summed E-state index contributed by atoms with van der Waals surface area (Å²) in [6, 6.07) is 0. The first-order valence-corrected chi connectivity index (χ1v) is 6.98. The zero-order valence-electron chi connectivity index (χ0n) is 9.97. The first-order valence-electron chi connectivity index (χ1n) is 5.16. The number of hydrogen-bond donors (Lipinski definition) is 0. The molecule has 0 bridgehead atoms. The zero-order chi connectivity index (χ0) is 11.9. The monoisotopic (exact) mass is 233 g/mol. The molecule has 0 saturated heterocycles. The van der Waals surface area contributed by atoms with E-state index in [1.807, 2.05) is 17.8 Å². The van der Waals surface area contributed by atoms with Crippen molar-refractivity contribution in [3.05, 3.63) is 18.7 Å². The van der Waals surface area contributed by atoms with E-state index in [9.17, 15) is 8.42 Å². The van der Waals surface area contributed by atoms with Gasteiger partial charge >= 0.3 is 0 Å². The second-order valence-electron chi connectivity index (χ2n) is 3.23. The number of aromatic nitrogens is 2. The highest BCUT2D eigenvalue weighted by molar-refractivity contribution is 7.91. The number of imidazole rings is 1. The highest BCUT2D eigenvalue weighted by atomic mass is 32.2. The second-order valence-corrected chi connectivity index (χ2v) is 5.87. The summed E-state index contributed by atoms with van der Waals surface area (Å²) in [5.41, 5.74) is 0. The summed E-state index contributed by atoms with van der Waals surface area (Å²) in [6.45, 7) is 6.48. The summed E-state index contributed by atoms with van der Waals surface area (Å²) in [4.78, 5) is 0. The Morgan fingerprint density at radius 2 is 1.73 bits per heavy atom. The average molecular weight is 233 g/mol. The van der Waals surface area contributed by atoms with Crippen LogP contribution in [0.15, 0.2) is 18.7 Å². The van der Waals surface area contributed by atoms with Gasteiger partial charge in [-0.3, -0.25) is 0 Å². The number of rotatable bonds is 3. The van der Waals surface area contributed by atoms with Gasteiger partial charge in [-0.05, 0) is 6.92 Å². The molecule has 4 nitrogen and oxygen atoms in total. The molecule has 5 heteroatoms. The van der Waals surface area contributed by atoms with Gasteiger partial charge < -0.3 is 0 Å². The summed E-state index contributed by atoms with van der Waals surface area (Å²) < 4.78 is 24.9. The molecule has 0 N–H and O–H groups in total. The topological polar surface area (TPSA) is 43.0 Å². The van der Waals surface area contributed by atoms with Gasteiger partial charge in [-0.1, -0.05) is 13.8 Å². The van der Waals surface area contributed by atoms with E-state index in [1.54, 1.807) is 13.8 Å². The van der Waals surface area contributed by atoms with Crippen LogP contribution in [-0.2, 0) is 23.4 Å². The van der Waals surface area contributed by atoms with E-state index in [2.05, 4.69) is 24.0 Å². The lowest BCUT2D eigenvalue weighted by atomic mass is 10.7. The molecule has 1 rings (SSSR count). The molecular formula is C10H21N2O2S+. The molecule has 0 aliphatic rings. The Morgan fingerprint density at radius 3 is 1.87 bits per heavy atom. The van der Waals surface area contributed by atoms with E-state index < -0.39 is 9.84 Å². The molecule has 0 aliphatic carbocycles. The molecule has 0 atom stereocenters. The fourth-order valence-electron chi connectivity index (χ4n) is 0.893. The molecule has 1 aromatic rings. The number of aryl methyl sites for hydroxylation is 2. The summed E-state index contributed by atoms with van der Waals surface area (Å²) >= 11 is 0. The Bertz CT molecular complexity index is 359. The van der Waals surface area contributed by atoms with Crippen LogP contribution in [0.5, 0.6) is 0 Å². The quantitative estimate of drug-likeness (QED) is 0.724. The fraction of sp³-hybridized carbons (Fsp3) is 0.700. The predicted molar refractivity (Wildman–Crippen MR) is 61.3 cm³/mol. The van der Waals surface area contributed by atoms with Crippen LogP contribution in [-0.4, -0.2) is 24.5 Å². The van der Waals surface area contributed by atoms with Gasteiger partial charge in [0.15, 0.2) is 0 Å². The molecule has 0 amide bonds. The molecule has 1 aromatic heterocycles. The van der Waals surface area contributed by atoms with E-state index in [0.29, 0.717) is 0 Å². The van der Waals surface area contributed by atoms with Gasteiger partial charge in [-0.25, -0.2) is 17.6 Å². The molecule has 0 spiro atoms. The molecule has 0 aliphatic heterocycles. The lowest BCUT2D eigenvalue weighted by molar-refractivity contribution is -0.671. The van der Waals surface area contributed by atoms with Crippen molar-refractivity contribution in [3.63, 3.8) is 0 Å². The zero-order valence-corrected chi connectivity index (χ0v) is 10.8. The highest BCUT2D eigenvalue weighted by Crippen LogP contribution is 1.84. The Kier molecular flexibility index (Phi) is 6.24. The van der Waals surface area contributed by atoms with Crippen LogP contribution in [0.25, 0.3) is 0 Å². The van der Waals surface area contributed by atoms with Gasteiger partial charge in [-0.2, -0.15) is 0 Å². The third-order valence-electron chi connectivity index (χ3n) is 2.07. The molecular weight excluding hydrogens is 212 g/mol. The van der Waals surface area contributed by atoms with Crippen molar-refractivity contribution in [2.24, 2.45) is 7.05 Å². The third kappa shape index (κ3) is 6.28. The van der Waals surface area contributed by atoms with Crippen LogP contribution < -0.4 is 4.57 Å². The number of hydrogen-bond acceptors (Lipinski definition) is 2. The van der Waals surface area contributed by atoms with E-state index in [1.165, 1.54) is 0 Å². The van der Waals surface area contributed by atoms with Crippen LogP contribution in [0.3, 0.4) is 0 Å². The van der Waals surface area contributed by atoms with Gasteiger partial charge in [0.2, 0.25) is 6.33 Å². The molecule has 1 heterocycles. The lowest BCUT2D eigenvalue weighted by Gasteiger charge is -1.89. The van der Waals surface area contributed by atoms with Crippen molar-refractivity contribution in [1.82, 2.24) is 4.57 Å². The van der Waals surface area contributed by atoms with Crippen LogP contribution >= 0.6 is 0 Å². The maximum Gasteiger partial charge on any atom is 0.243 e. The van der Waals surface area contributed by atoms with Crippen molar-refractivity contribution in [3.8, 4) is 0 Å². The predicted octanol–water partition coefficient (Wildman–Crippen LogP) is 0.773. The molecule has 0 fully saturated rings. The minimum absolute atomic E-state index is 0.267. The Labute approximate surface area is 92.5 Å². The largest absolute Gasteiger partial charge is 0.243 e. The summed E-state index contributed by atoms with van der Waals surface area (Å²) in [5.74, 6) is 0.535. The molecule has 88 valence electrons. The van der Waals surface area contributed by atoms with Crippen molar-refractivity contribution in [2.75, 3.05) is 11.5 Å². The minimum atomic E-state index is -2.66. The normalized spacial score (nSPS) is 10.7. The van der Waals surface area contributed by atoms with Gasteiger partial charge in [0, 0.05) is 11.5 Å². The lowest BCUT2D eigenvalue weighted by Crippen LogP contribution is -2.23. The first kappa shape index (κ1) is 14.2. The van der Waals surface area contributed by atoms with Gasteiger partial charge in [-0.15, -0.1) is 0 Å². The SMILES string of the molecule is CCS(=O)(=O)CC.CCn1cc[n+](C)c1. The number of nitrogens with zero attached hydrogens (tertiary/aromatic N) is 2. The summed E-state index contributed by atoms with van der Waals surface area (Å²) in [6.07, 6.45) is 6.14. The van der Waals surface area contributed by atoms with Crippen LogP contribution in [0.4, 0.5) is 0 Å². The standard InChI is InChI=1S/C6H11N2.C4H10O2S/c1-3-8-5-4-7(2)6-8;1-3-7(5,6)4-2/h4-6H,3H2,1-2H3;3-4H2,1-2H3/q+1;. The molecule has 0 aromatic carbocycles. The molecule has 0 saturated carbocycles. The van der Waals surface area contributed by atoms with Gasteiger partial charge in [0.1, 0.15) is 22.2 Å². The average Bonchev–Trinajstić information content (AvgIpc) is 2.65.